The number of nitrogens with one attached hydrogen (secondary N) is 1. The van der Waals surface area contributed by atoms with E-state index in [0.717, 1.165) is 24.2 Å². The molecule has 1 unspecified atom stereocenters. The van der Waals surface area contributed by atoms with E-state index < -0.39 is 5.60 Å². The number of amides is 1. The minimum Gasteiger partial charge on any atom is -0.489 e. The number of rotatable bonds is 7. The highest BCUT2D eigenvalue weighted by Gasteiger charge is 2.29. The summed E-state index contributed by atoms with van der Waals surface area (Å²) >= 11 is 0. The number of hydrogen-bond acceptors (Lipinski definition) is 5. The molecule has 1 atom stereocenters. The van der Waals surface area contributed by atoms with Crippen LogP contribution in [0, 0.1) is 5.41 Å². The van der Waals surface area contributed by atoms with Crippen molar-refractivity contribution >= 4 is 17.7 Å². The second-order valence-corrected chi connectivity index (χ2v) is 9.46. The molecule has 0 saturated heterocycles. The summed E-state index contributed by atoms with van der Waals surface area (Å²) in [5.41, 5.74) is 8.97. The zero-order valence-corrected chi connectivity index (χ0v) is 19.8. The van der Waals surface area contributed by atoms with Crippen LogP contribution in [0.1, 0.15) is 56.4 Å². The van der Waals surface area contributed by atoms with Gasteiger partial charge in [-0.25, -0.2) is 0 Å². The number of aryl methyl sites for hydroxylation is 1. The van der Waals surface area contributed by atoms with Crippen molar-refractivity contribution in [1.29, 1.82) is 5.41 Å². The Kier molecular flexibility index (Phi) is 7.41. The van der Waals surface area contributed by atoms with Crippen molar-refractivity contribution in [2.75, 3.05) is 6.54 Å². The Bertz CT molecular complexity index is 1020. The molecule has 3 rings (SSSR count). The van der Waals surface area contributed by atoms with Crippen LogP contribution in [-0.4, -0.2) is 40.8 Å². The fourth-order valence-corrected chi connectivity index (χ4v) is 4.03. The minimum atomic E-state index is -0.579. The lowest BCUT2D eigenvalue weighted by molar-refractivity contribution is -0.159. The number of nitrogens with two attached hydrogens (primary N) is 1. The maximum Gasteiger partial charge on any atom is 0.326 e. The number of ether oxygens (including phenoxy) is 2. The van der Waals surface area contributed by atoms with E-state index in [2.05, 4.69) is 6.07 Å². The van der Waals surface area contributed by atoms with Crippen LogP contribution in [0.5, 0.6) is 5.75 Å². The summed E-state index contributed by atoms with van der Waals surface area (Å²) in [4.78, 5) is 26.2. The summed E-state index contributed by atoms with van der Waals surface area (Å²) in [7, 11) is 0. The van der Waals surface area contributed by atoms with Crippen LogP contribution in [0.4, 0.5) is 0 Å². The number of esters is 1. The lowest BCUT2D eigenvalue weighted by Gasteiger charge is -2.34. The van der Waals surface area contributed by atoms with Gasteiger partial charge in [-0.2, -0.15) is 0 Å². The van der Waals surface area contributed by atoms with Gasteiger partial charge in [0.1, 0.15) is 30.3 Å². The Morgan fingerprint density at radius 2 is 1.82 bits per heavy atom. The molecule has 0 aromatic heterocycles. The molecule has 2 aromatic carbocycles. The smallest absolute Gasteiger partial charge is 0.326 e. The Morgan fingerprint density at radius 3 is 2.42 bits per heavy atom. The summed E-state index contributed by atoms with van der Waals surface area (Å²) in [5.74, 6) is 0.332. The third kappa shape index (κ3) is 6.81. The van der Waals surface area contributed by atoms with E-state index >= 15 is 0 Å². The van der Waals surface area contributed by atoms with Crippen molar-refractivity contribution in [3.63, 3.8) is 0 Å². The Hall–Kier alpha value is -3.35. The van der Waals surface area contributed by atoms with E-state index in [0.29, 0.717) is 18.6 Å². The number of benzene rings is 2. The first kappa shape index (κ1) is 24.3. The predicted octanol–water partition coefficient (Wildman–Crippen LogP) is 3.60. The van der Waals surface area contributed by atoms with E-state index in [-0.39, 0.29) is 30.3 Å². The molecule has 0 fully saturated rings. The van der Waals surface area contributed by atoms with Crippen LogP contribution in [0.25, 0.3) is 0 Å². The maximum atomic E-state index is 12.3. The Morgan fingerprint density at radius 1 is 1.12 bits per heavy atom. The second-order valence-electron chi connectivity index (χ2n) is 9.46. The zero-order valence-electron chi connectivity index (χ0n) is 19.8. The molecule has 0 heterocycles. The molecule has 1 aliphatic rings. The van der Waals surface area contributed by atoms with Crippen LogP contribution in [0.2, 0.25) is 0 Å². The molecule has 0 radical (unpaired) electrons. The van der Waals surface area contributed by atoms with Crippen molar-refractivity contribution in [3.8, 4) is 5.75 Å². The standard InChI is InChI=1S/C26H33N3O4/c1-17(30)29(15-24(31)33-26(2,3)4)22-11-9-21-14-23(12-10-20(21)13-22)32-16-18-5-7-19(8-6-18)25(27)28/h5-8,10,12,14,22H,9,11,13,15-16H2,1-4H3,(H3,27,28). The van der Waals surface area contributed by atoms with Crippen molar-refractivity contribution in [2.45, 2.75) is 65.2 Å². The molecule has 1 aliphatic carbocycles. The largest absolute Gasteiger partial charge is 0.489 e. The van der Waals surface area contributed by atoms with E-state index in [1.165, 1.54) is 18.1 Å². The summed E-state index contributed by atoms with van der Waals surface area (Å²) < 4.78 is 11.4. The fourth-order valence-electron chi connectivity index (χ4n) is 4.03. The molecular weight excluding hydrogens is 418 g/mol. The molecule has 7 nitrogen and oxygen atoms in total. The number of hydrogen-bond donors (Lipinski definition) is 2. The SMILES string of the molecule is CC(=O)N(CC(=O)OC(C)(C)C)C1CCc2cc(OCc3ccc(C(=N)N)cc3)ccc2C1. The average molecular weight is 452 g/mol. The highest BCUT2D eigenvalue weighted by molar-refractivity contribution is 5.94. The van der Waals surface area contributed by atoms with Crippen LogP contribution >= 0.6 is 0 Å². The topological polar surface area (TPSA) is 106 Å². The lowest BCUT2D eigenvalue weighted by Crippen LogP contribution is -2.46. The van der Waals surface area contributed by atoms with Gasteiger partial charge in [-0.3, -0.25) is 15.0 Å². The molecule has 1 amide bonds. The van der Waals surface area contributed by atoms with E-state index in [1.807, 2.05) is 57.2 Å². The molecule has 7 heteroatoms. The van der Waals surface area contributed by atoms with E-state index in [1.54, 1.807) is 4.90 Å². The van der Waals surface area contributed by atoms with Gasteiger partial charge in [0.15, 0.2) is 0 Å². The van der Waals surface area contributed by atoms with Crippen LogP contribution in [-0.2, 0) is 33.8 Å². The predicted molar refractivity (Wildman–Crippen MR) is 127 cm³/mol. The minimum absolute atomic E-state index is 0.0315. The van der Waals surface area contributed by atoms with E-state index in [9.17, 15) is 9.59 Å². The first-order valence-electron chi connectivity index (χ1n) is 11.2. The monoisotopic (exact) mass is 451 g/mol. The molecule has 0 bridgehead atoms. The highest BCUT2D eigenvalue weighted by Crippen LogP contribution is 2.28. The van der Waals surface area contributed by atoms with Crippen molar-refractivity contribution in [2.24, 2.45) is 5.73 Å². The normalized spacial score (nSPS) is 15.3. The highest BCUT2D eigenvalue weighted by atomic mass is 16.6. The van der Waals surface area contributed by atoms with Gasteiger partial charge in [0.2, 0.25) is 5.91 Å². The van der Waals surface area contributed by atoms with Gasteiger partial charge >= 0.3 is 5.97 Å². The fraction of sp³-hybridized carbons (Fsp3) is 0.423. The second kappa shape index (κ2) is 10.1. The van der Waals surface area contributed by atoms with Gasteiger partial charge in [-0.15, -0.1) is 0 Å². The molecular formula is C26H33N3O4. The van der Waals surface area contributed by atoms with Crippen molar-refractivity contribution in [3.05, 3.63) is 64.7 Å². The summed E-state index contributed by atoms with van der Waals surface area (Å²) in [6.07, 6.45) is 2.29. The molecule has 33 heavy (non-hydrogen) atoms. The summed E-state index contributed by atoms with van der Waals surface area (Å²) in [6.45, 7) is 7.35. The molecule has 176 valence electrons. The van der Waals surface area contributed by atoms with Crippen molar-refractivity contribution < 1.29 is 19.1 Å². The summed E-state index contributed by atoms with van der Waals surface area (Å²) in [5, 5.41) is 7.46. The van der Waals surface area contributed by atoms with E-state index in [4.69, 9.17) is 20.6 Å². The maximum absolute atomic E-state index is 12.3. The third-order valence-electron chi connectivity index (χ3n) is 5.62. The first-order valence-corrected chi connectivity index (χ1v) is 11.2. The van der Waals surface area contributed by atoms with Gasteiger partial charge in [-0.05, 0) is 68.9 Å². The molecule has 3 N–H and O–H groups in total. The van der Waals surface area contributed by atoms with Gasteiger partial charge in [0.05, 0.1) is 0 Å². The lowest BCUT2D eigenvalue weighted by atomic mass is 9.87. The summed E-state index contributed by atoms with van der Waals surface area (Å²) in [6, 6.07) is 13.4. The number of nitrogens with zero attached hydrogens (tertiary/aromatic N) is 1. The third-order valence-corrected chi connectivity index (χ3v) is 5.62. The number of fused-ring (bicyclic) bond motifs is 1. The Labute approximate surface area is 195 Å². The molecule has 0 aliphatic heterocycles. The molecule has 0 spiro atoms. The van der Waals surface area contributed by atoms with Crippen LogP contribution in [0.15, 0.2) is 42.5 Å². The number of carbonyl (C=O) groups excluding carboxylic acids is 2. The Balaban J connectivity index is 1.62. The van der Waals surface area contributed by atoms with Gasteiger partial charge in [0.25, 0.3) is 0 Å². The molecule has 2 aromatic rings. The van der Waals surface area contributed by atoms with Gasteiger partial charge in [0, 0.05) is 18.5 Å². The first-order chi connectivity index (χ1) is 15.5. The average Bonchev–Trinajstić information content (AvgIpc) is 2.74. The number of amidine groups is 1. The number of nitrogen functional groups attached to an aromatic ring is 1. The van der Waals surface area contributed by atoms with Crippen LogP contribution < -0.4 is 10.5 Å². The number of carbonyl (C=O) groups is 2. The zero-order chi connectivity index (χ0) is 24.2. The molecule has 0 saturated carbocycles. The quantitative estimate of drug-likeness (QED) is 0.380. The van der Waals surface area contributed by atoms with Gasteiger partial charge < -0.3 is 20.1 Å². The van der Waals surface area contributed by atoms with Gasteiger partial charge in [-0.1, -0.05) is 30.3 Å². The van der Waals surface area contributed by atoms with Crippen molar-refractivity contribution in [1.82, 2.24) is 4.90 Å². The van der Waals surface area contributed by atoms with Crippen LogP contribution in [0.3, 0.4) is 0 Å².